The second kappa shape index (κ2) is 7.57. The maximum absolute atomic E-state index is 14.5. The number of nitrogens with one attached hydrogen (secondary N) is 1. The average Bonchev–Trinajstić information content (AvgIpc) is 2.66. The third kappa shape index (κ3) is 3.57. The summed E-state index contributed by atoms with van der Waals surface area (Å²) in [6.07, 6.45) is 2.98. The minimum Gasteiger partial charge on any atom is -0.366 e. The summed E-state index contributed by atoms with van der Waals surface area (Å²) in [4.78, 5) is 24.2. The van der Waals surface area contributed by atoms with Crippen LogP contribution in [0.2, 0.25) is 0 Å². The molecule has 1 amide bonds. The molecule has 6 nitrogen and oxygen atoms in total. The summed E-state index contributed by atoms with van der Waals surface area (Å²) in [6.45, 7) is 7.13. The van der Waals surface area contributed by atoms with Crippen LogP contribution in [-0.4, -0.2) is 22.6 Å². The van der Waals surface area contributed by atoms with Gasteiger partial charge in [-0.2, -0.15) is 0 Å². The number of aliphatic imine (C=N–C) groups is 1. The molecule has 1 heterocycles. The Kier molecular flexibility index (Phi) is 5.03. The van der Waals surface area contributed by atoms with Crippen molar-refractivity contribution in [1.82, 2.24) is 9.97 Å². The number of carbonyl (C=O) groups is 1. The number of aromatic nitrogens is 2. The molecule has 0 aliphatic heterocycles. The van der Waals surface area contributed by atoms with E-state index in [0.29, 0.717) is 16.8 Å². The molecule has 0 saturated heterocycles. The van der Waals surface area contributed by atoms with Crippen LogP contribution in [0.3, 0.4) is 0 Å². The van der Waals surface area contributed by atoms with Crippen molar-refractivity contribution in [2.24, 2.45) is 10.7 Å². The lowest BCUT2D eigenvalue weighted by molar-refractivity contribution is 0.100. The van der Waals surface area contributed by atoms with Crippen LogP contribution in [0.15, 0.2) is 66.3 Å². The van der Waals surface area contributed by atoms with Crippen molar-refractivity contribution in [3.63, 3.8) is 0 Å². The summed E-state index contributed by atoms with van der Waals surface area (Å²) in [5, 5.41) is 3.19. The molecule has 27 heavy (non-hydrogen) atoms. The Morgan fingerprint density at radius 2 is 1.96 bits per heavy atom. The van der Waals surface area contributed by atoms with Gasteiger partial charge < -0.3 is 11.1 Å². The third-order valence-electron chi connectivity index (χ3n) is 3.83. The number of para-hydroxylation sites is 1. The van der Waals surface area contributed by atoms with Crippen molar-refractivity contribution in [3.8, 4) is 0 Å². The first-order chi connectivity index (χ1) is 13.0. The van der Waals surface area contributed by atoms with Crippen LogP contribution in [0.4, 0.5) is 15.9 Å². The molecule has 0 saturated carbocycles. The van der Waals surface area contributed by atoms with Crippen LogP contribution in [0.1, 0.15) is 16.2 Å². The molecule has 3 aromatic rings. The van der Waals surface area contributed by atoms with E-state index < -0.39 is 11.7 Å². The molecule has 7 heteroatoms. The molecule has 2 aromatic carbocycles. The highest BCUT2D eigenvalue weighted by atomic mass is 19.1. The van der Waals surface area contributed by atoms with Gasteiger partial charge in [0.05, 0.1) is 22.2 Å². The first kappa shape index (κ1) is 17.9. The fraction of sp³-hybridized carbons (Fsp3) is 0. The number of hydrogen-bond acceptors (Lipinski definition) is 5. The van der Waals surface area contributed by atoms with E-state index in [0.717, 1.165) is 0 Å². The first-order valence-electron chi connectivity index (χ1n) is 7.96. The Hall–Kier alpha value is -3.87. The second-order valence-corrected chi connectivity index (χ2v) is 5.54. The van der Waals surface area contributed by atoms with Crippen molar-refractivity contribution in [1.29, 1.82) is 0 Å². The van der Waals surface area contributed by atoms with Gasteiger partial charge in [0.15, 0.2) is 5.82 Å². The maximum atomic E-state index is 14.5. The molecule has 0 atom stereocenters. The molecule has 0 unspecified atom stereocenters. The zero-order valence-corrected chi connectivity index (χ0v) is 14.3. The third-order valence-corrected chi connectivity index (χ3v) is 3.83. The number of halogens is 1. The topological polar surface area (TPSA) is 93.3 Å². The molecule has 3 N–H and O–H groups in total. The molecule has 1 aromatic heterocycles. The van der Waals surface area contributed by atoms with Gasteiger partial charge in [-0.05, 0) is 31.0 Å². The standard InChI is InChI=1S/C20H16FN5O/c1-3-12(11-23-2)19-25-16-10-6-8-14(21)17(16)20(26-19)24-15-9-5-4-7-13(15)18(22)27/h3-11H,1-2H2,(H2,22,27)(H,24,25,26)/b12-11+. The van der Waals surface area contributed by atoms with Crippen molar-refractivity contribution < 1.29 is 9.18 Å². The number of amides is 1. The van der Waals surface area contributed by atoms with E-state index in [4.69, 9.17) is 5.73 Å². The Morgan fingerprint density at radius 1 is 1.19 bits per heavy atom. The second-order valence-electron chi connectivity index (χ2n) is 5.54. The van der Waals surface area contributed by atoms with Crippen LogP contribution >= 0.6 is 0 Å². The van der Waals surface area contributed by atoms with Crippen LogP contribution < -0.4 is 11.1 Å². The minimum absolute atomic E-state index is 0.190. The van der Waals surface area contributed by atoms with E-state index >= 15 is 0 Å². The molecular weight excluding hydrogens is 345 g/mol. The Morgan fingerprint density at radius 3 is 2.67 bits per heavy atom. The number of primary amides is 1. The largest absolute Gasteiger partial charge is 0.366 e. The summed E-state index contributed by atoms with van der Waals surface area (Å²) >= 11 is 0. The molecule has 0 aliphatic rings. The van der Waals surface area contributed by atoms with E-state index in [9.17, 15) is 9.18 Å². The predicted molar refractivity (Wildman–Crippen MR) is 105 cm³/mol. The molecule has 134 valence electrons. The first-order valence-corrected chi connectivity index (χ1v) is 7.96. The summed E-state index contributed by atoms with van der Waals surface area (Å²) in [6, 6.07) is 11.2. The van der Waals surface area contributed by atoms with Gasteiger partial charge in [-0.1, -0.05) is 30.9 Å². The minimum atomic E-state index is -0.611. The lowest BCUT2D eigenvalue weighted by Crippen LogP contribution is -2.13. The Balaban J connectivity index is 2.25. The van der Waals surface area contributed by atoms with E-state index in [1.54, 1.807) is 36.4 Å². The van der Waals surface area contributed by atoms with E-state index in [1.807, 2.05) is 0 Å². The molecule has 0 spiro atoms. The van der Waals surface area contributed by atoms with Gasteiger partial charge in [-0.25, -0.2) is 14.4 Å². The molecular formula is C20H16FN5O. The predicted octanol–water partition coefficient (Wildman–Crippen LogP) is 3.84. The Bertz CT molecular complexity index is 1090. The van der Waals surface area contributed by atoms with Gasteiger partial charge in [-0.15, -0.1) is 0 Å². The zero-order valence-electron chi connectivity index (χ0n) is 14.3. The molecule has 0 aliphatic carbocycles. The number of fused-ring (bicyclic) bond motifs is 1. The summed E-state index contributed by atoms with van der Waals surface area (Å²) in [5.74, 6) is -0.628. The van der Waals surface area contributed by atoms with Crippen molar-refractivity contribution >= 4 is 40.6 Å². The van der Waals surface area contributed by atoms with Crippen LogP contribution in [0.25, 0.3) is 16.5 Å². The number of anilines is 2. The molecule has 0 bridgehead atoms. The van der Waals surface area contributed by atoms with Gasteiger partial charge in [0, 0.05) is 11.8 Å². The van der Waals surface area contributed by atoms with Crippen LogP contribution in [0, 0.1) is 5.82 Å². The van der Waals surface area contributed by atoms with E-state index in [1.165, 1.54) is 18.3 Å². The number of allylic oxidation sites excluding steroid dienone is 2. The van der Waals surface area contributed by atoms with Crippen molar-refractivity contribution in [2.45, 2.75) is 0 Å². The molecule has 0 fully saturated rings. The number of carbonyl (C=O) groups excluding carboxylic acids is 1. The van der Waals surface area contributed by atoms with Gasteiger partial charge >= 0.3 is 0 Å². The summed E-state index contributed by atoms with van der Waals surface area (Å²) in [5.41, 5.74) is 6.99. The molecule has 0 radical (unpaired) electrons. The van der Waals surface area contributed by atoms with E-state index in [-0.39, 0.29) is 22.6 Å². The van der Waals surface area contributed by atoms with Gasteiger partial charge in [0.2, 0.25) is 0 Å². The normalized spacial score (nSPS) is 11.2. The average molecular weight is 361 g/mol. The number of nitrogens with zero attached hydrogens (tertiary/aromatic N) is 3. The fourth-order valence-corrected chi connectivity index (χ4v) is 2.60. The smallest absolute Gasteiger partial charge is 0.250 e. The molecule has 3 rings (SSSR count). The number of nitrogens with two attached hydrogens (primary N) is 1. The van der Waals surface area contributed by atoms with E-state index in [2.05, 4.69) is 33.6 Å². The quantitative estimate of drug-likeness (QED) is 0.515. The number of hydrogen-bond donors (Lipinski definition) is 2. The monoisotopic (exact) mass is 361 g/mol. The maximum Gasteiger partial charge on any atom is 0.250 e. The number of rotatable bonds is 6. The zero-order chi connectivity index (χ0) is 19.4. The SMILES string of the molecule is C=C/C(=C\N=C)c1nc(Nc2ccccc2C(N)=O)c2c(F)cccc2n1. The van der Waals surface area contributed by atoms with Gasteiger partial charge in [-0.3, -0.25) is 9.79 Å². The summed E-state index contributed by atoms with van der Waals surface area (Å²) < 4.78 is 14.5. The van der Waals surface area contributed by atoms with Crippen LogP contribution in [0.5, 0.6) is 0 Å². The number of benzene rings is 2. The fourth-order valence-electron chi connectivity index (χ4n) is 2.60. The van der Waals surface area contributed by atoms with Gasteiger partial charge in [0.1, 0.15) is 11.6 Å². The highest BCUT2D eigenvalue weighted by Crippen LogP contribution is 2.29. The van der Waals surface area contributed by atoms with Crippen molar-refractivity contribution in [2.75, 3.05) is 5.32 Å². The lowest BCUT2D eigenvalue weighted by atomic mass is 10.1. The van der Waals surface area contributed by atoms with Gasteiger partial charge in [0.25, 0.3) is 5.91 Å². The van der Waals surface area contributed by atoms with Crippen LogP contribution in [-0.2, 0) is 0 Å². The highest BCUT2D eigenvalue weighted by Gasteiger charge is 2.15. The lowest BCUT2D eigenvalue weighted by Gasteiger charge is -2.13. The highest BCUT2D eigenvalue weighted by molar-refractivity contribution is 6.01. The Labute approximate surface area is 155 Å². The van der Waals surface area contributed by atoms with Crippen molar-refractivity contribution in [3.05, 3.63) is 78.5 Å². The summed E-state index contributed by atoms with van der Waals surface area (Å²) in [7, 11) is 0.